The van der Waals surface area contributed by atoms with Crippen molar-refractivity contribution in [3.05, 3.63) is 62.8 Å². The van der Waals surface area contributed by atoms with Gasteiger partial charge < -0.3 is 20.6 Å². The molecule has 0 aliphatic carbocycles. The highest BCUT2D eigenvalue weighted by Crippen LogP contribution is 2.35. The SMILES string of the molecule is CC(=O)NC[C@H](NC(=O)c1c(Cl)cc2c(c1Cl)CCN(C(=O)c1ccc3cn[nH]c3c1)C2)C(=O)O. The average Bonchev–Trinajstić information content (AvgIpc) is 3.28. The number of aromatic nitrogens is 2. The normalized spacial score (nSPS) is 13.7. The highest BCUT2D eigenvalue weighted by molar-refractivity contribution is 6.40. The average molecular weight is 518 g/mol. The smallest absolute Gasteiger partial charge is 0.328 e. The second-order valence-electron chi connectivity index (χ2n) is 8.14. The Labute approximate surface area is 209 Å². The van der Waals surface area contributed by atoms with Crippen molar-refractivity contribution >= 4 is 57.8 Å². The zero-order chi connectivity index (χ0) is 25.3. The maximum absolute atomic E-state index is 13.1. The van der Waals surface area contributed by atoms with Crippen molar-refractivity contribution < 1.29 is 24.3 Å². The predicted octanol–water partition coefficient (Wildman–Crippen LogP) is 2.39. The zero-order valence-electron chi connectivity index (χ0n) is 18.5. The number of hydrogen-bond donors (Lipinski definition) is 4. The minimum absolute atomic E-state index is 0.0306. The molecular formula is C23H21Cl2N5O5. The van der Waals surface area contributed by atoms with E-state index in [9.17, 15) is 24.3 Å². The molecule has 0 fully saturated rings. The molecule has 3 aromatic rings. The van der Waals surface area contributed by atoms with Gasteiger partial charge in [0.15, 0.2) is 0 Å². The summed E-state index contributed by atoms with van der Waals surface area (Å²) in [5.74, 6) is -2.69. The monoisotopic (exact) mass is 517 g/mol. The summed E-state index contributed by atoms with van der Waals surface area (Å²) in [7, 11) is 0. The van der Waals surface area contributed by atoms with Crippen LogP contribution >= 0.6 is 23.2 Å². The van der Waals surface area contributed by atoms with E-state index in [0.717, 1.165) is 10.9 Å². The number of carbonyl (C=O) groups is 4. The molecule has 0 unspecified atom stereocenters. The molecule has 1 aliphatic rings. The molecular weight excluding hydrogens is 497 g/mol. The summed E-state index contributed by atoms with van der Waals surface area (Å²) in [5.41, 5.74) is 2.59. The van der Waals surface area contributed by atoms with Crippen molar-refractivity contribution in [3.8, 4) is 0 Å². The van der Waals surface area contributed by atoms with Gasteiger partial charge in [0.2, 0.25) is 5.91 Å². The second-order valence-corrected chi connectivity index (χ2v) is 8.92. The number of carbonyl (C=O) groups excluding carboxylic acids is 3. The van der Waals surface area contributed by atoms with Crippen LogP contribution in [0, 0.1) is 0 Å². The van der Waals surface area contributed by atoms with E-state index in [1.165, 1.54) is 6.92 Å². The van der Waals surface area contributed by atoms with Crippen LogP contribution in [0.15, 0.2) is 30.5 Å². The molecule has 1 aromatic heterocycles. The van der Waals surface area contributed by atoms with Crippen LogP contribution in [-0.4, -0.2) is 63.0 Å². The van der Waals surface area contributed by atoms with Crippen LogP contribution in [0.5, 0.6) is 0 Å². The number of halogens is 2. The molecule has 0 saturated heterocycles. The first-order valence-corrected chi connectivity index (χ1v) is 11.4. The van der Waals surface area contributed by atoms with Crippen molar-refractivity contribution in [2.75, 3.05) is 13.1 Å². The number of amides is 3. The van der Waals surface area contributed by atoms with Gasteiger partial charge in [-0.15, -0.1) is 0 Å². The summed E-state index contributed by atoms with van der Waals surface area (Å²) in [6, 6.07) is 5.50. The standard InChI is InChI=1S/C23H21Cl2N5O5/c1-11(31)26-9-18(23(34)35)28-21(32)19-16(24)6-14-10-30(5-4-15(14)20(19)25)22(33)12-2-3-13-8-27-29-17(13)7-12/h2-3,6-8,18H,4-5,9-10H2,1H3,(H,26,31)(H,27,29)(H,28,32)(H,34,35)/t18-/m0/s1. The third-order valence-corrected chi connectivity index (χ3v) is 6.48. The van der Waals surface area contributed by atoms with Crippen molar-refractivity contribution in [3.63, 3.8) is 0 Å². The maximum atomic E-state index is 13.1. The van der Waals surface area contributed by atoms with E-state index in [-0.39, 0.29) is 34.6 Å². The molecule has 1 atom stereocenters. The van der Waals surface area contributed by atoms with Gasteiger partial charge in [-0.1, -0.05) is 29.3 Å². The van der Waals surface area contributed by atoms with Crippen LogP contribution in [-0.2, 0) is 22.6 Å². The number of rotatable bonds is 6. The van der Waals surface area contributed by atoms with E-state index >= 15 is 0 Å². The first kappa shape index (κ1) is 24.5. The van der Waals surface area contributed by atoms with Crippen LogP contribution in [0.3, 0.4) is 0 Å². The van der Waals surface area contributed by atoms with E-state index in [1.54, 1.807) is 29.3 Å². The summed E-state index contributed by atoms with van der Waals surface area (Å²) >= 11 is 12.9. The van der Waals surface area contributed by atoms with Gasteiger partial charge in [0.25, 0.3) is 11.8 Å². The molecule has 10 nitrogen and oxygen atoms in total. The lowest BCUT2D eigenvalue weighted by Gasteiger charge is -2.30. The molecule has 12 heteroatoms. The molecule has 0 saturated carbocycles. The number of benzene rings is 2. The van der Waals surface area contributed by atoms with Crippen molar-refractivity contribution in [2.45, 2.75) is 25.9 Å². The van der Waals surface area contributed by atoms with Crippen LogP contribution in [0.25, 0.3) is 10.9 Å². The van der Waals surface area contributed by atoms with Gasteiger partial charge in [-0.05, 0) is 35.7 Å². The van der Waals surface area contributed by atoms with E-state index in [0.29, 0.717) is 29.7 Å². The Morgan fingerprint density at radius 2 is 2.00 bits per heavy atom. The number of carboxylic acid groups (broad SMARTS) is 1. The van der Waals surface area contributed by atoms with Crippen molar-refractivity contribution in [1.82, 2.24) is 25.7 Å². The minimum Gasteiger partial charge on any atom is -0.480 e. The zero-order valence-corrected chi connectivity index (χ0v) is 20.0. The summed E-state index contributed by atoms with van der Waals surface area (Å²) < 4.78 is 0. The van der Waals surface area contributed by atoms with Gasteiger partial charge in [0.1, 0.15) is 6.04 Å². The Morgan fingerprint density at radius 3 is 2.71 bits per heavy atom. The Kier molecular flexibility index (Phi) is 6.95. The first-order valence-electron chi connectivity index (χ1n) is 10.7. The third kappa shape index (κ3) is 5.08. The molecule has 0 radical (unpaired) electrons. The maximum Gasteiger partial charge on any atom is 0.328 e. The Morgan fingerprint density at radius 1 is 1.23 bits per heavy atom. The number of aromatic amines is 1. The molecule has 0 spiro atoms. The van der Waals surface area contributed by atoms with E-state index < -0.39 is 23.8 Å². The van der Waals surface area contributed by atoms with E-state index in [2.05, 4.69) is 20.8 Å². The highest BCUT2D eigenvalue weighted by Gasteiger charge is 2.29. The summed E-state index contributed by atoms with van der Waals surface area (Å²) in [6.07, 6.45) is 2.06. The number of nitrogens with zero attached hydrogens (tertiary/aromatic N) is 2. The molecule has 4 N–H and O–H groups in total. The quantitative estimate of drug-likeness (QED) is 0.395. The number of nitrogens with one attached hydrogen (secondary N) is 3. The lowest BCUT2D eigenvalue weighted by Crippen LogP contribution is -2.48. The fourth-order valence-electron chi connectivity index (χ4n) is 3.96. The fraction of sp³-hybridized carbons (Fsp3) is 0.261. The molecule has 182 valence electrons. The van der Waals surface area contributed by atoms with Gasteiger partial charge >= 0.3 is 5.97 Å². The summed E-state index contributed by atoms with van der Waals surface area (Å²) in [6.45, 7) is 1.56. The van der Waals surface area contributed by atoms with Crippen LogP contribution in [0.2, 0.25) is 10.0 Å². The van der Waals surface area contributed by atoms with E-state index in [4.69, 9.17) is 23.2 Å². The minimum atomic E-state index is -1.37. The Balaban J connectivity index is 1.54. The van der Waals surface area contributed by atoms with Gasteiger partial charge in [-0.25, -0.2) is 4.79 Å². The third-order valence-electron chi connectivity index (χ3n) is 5.77. The molecule has 4 rings (SSSR count). The lowest BCUT2D eigenvalue weighted by atomic mass is 9.96. The summed E-state index contributed by atoms with van der Waals surface area (Å²) in [4.78, 5) is 50.2. The van der Waals surface area contributed by atoms with Gasteiger partial charge in [-0.2, -0.15) is 5.10 Å². The van der Waals surface area contributed by atoms with Crippen molar-refractivity contribution in [2.24, 2.45) is 0 Å². The van der Waals surface area contributed by atoms with Crippen LogP contribution in [0.1, 0.15) is 38.8 Å². The fourth-order valence-corrected chi connectivity index (χ4v) is 4.73. The number of H-pyrrole nitrogens is 1. The van der Waals surface area contributed by atoms with Gasteiger partial charge in [0.05, 0.1) is 27.3 Å². The Hall–Kier alpha value is -3.63. The molecule has 2 aromatic carbocycles. The lowest BCUT2D eigenvalue weighted by molar-refractivity contribution is -0.139. The number of hydrogen-bond acceptors (Lipinski definition) is 5. The largest absolute Gasteiger partial charge is 0.480 e. The number of fused-ring (bicyclic) bond motifs is 2. The van der Waals surface area contributed by atoms with Crippen LogP contribution < -0.4 is 10.6 Å². The molecule has 1 aliphatic heterocycles. The first-order chi connectivity index (χ1) is 16.7. The van der Waals surface area contributed by atoms with Gasteiger partial charge in [0, 0.05) is 37.5 Å². The summed E-state index contributed by atoms with van der Waals surface area (Å²) in [5, 5.41) is 21.9. The van der Waals surface area contributed by atoms with Gasteiger partial charge in [-0.3, -0.25) is 19.5 Å². The molecule has 0 bridgehead atoms. The predicted molar refractivity (Wildman–Crippen MR) is 129 cm³/mol. The van der Waals surface area contributed by atoms with Crippen LogP contribution in [0.4, 0.5) is 0 Å². The van der Waals surface area contributed by atoms with E-state index in [1.807, 2.05) is 6.07 Å². The van der Waals surface area contributed by atoms with Crippen molar-refractivity contribution in [1.29, 1.82) is 0 Å². The number of carboxylic acids is 1. The molecule has 2 heterocycles. The Bertz CT molecular complexity index is 1360. The topological polar surface area (TPSA) is 144 Å². The second kappa shape index (κ2) is 9.93. The molecule has 3 amide bonds. The highest BCUT2D eigenvalue weighted by atomic mass is 35.5. The molecule has 35 heavy (non-hydrogen) atoms. The number of aliphatic carboxylic acids is 1.